The van der Waals surface area contributed by atoms with Crippen LogP contribution in [0, 0.1) is 6.92 Å². The van der Waals surface area contributed by atoms with Gasteiger partial charge in [-0.05, 0) is 50.5 Å². The molecule has 0 unspecified atom stereocenters. The second-order valence-electron chi connectivity index (χ2n) is 5.96. The minimum Gasteiger partial charge on any atom is -0.380 e. The molecule has 0 atom stereocenters. The van der Waals surface area contributed by atoms with Gasteiger partial charge < -0.3 is 10.6 Å². The molecule has 0 spiro atoms. The van der Waals surface area contributed by atoms with Crippen LogP contribution >= 0.6 is 0 Å². The van der Waals surface area contributed by atoms with E-state index in [1.165, 1.54) is 39.0 Å². The van der Waals surface area contributed by atoms with Crippen LogP contribution < -0.4 is 10.6 Å². The molecule has 3 nitrogen and oxygen atoms in total. The van der Waals surface area contributed by atoms with Crippen molar-refractivity contribution in [3.05, 3.63) is 23.8 Å². The number of nitrogens with one attached hydrogen (secondary N) is 2. The Morgan fingerprint density at radius 3 is 2.47 bits per heavy atom. The lowest BCUT2D eigenvalue weighted by atomic mass is 9.83. The Hall–Kier alpha value is -1.51. The van der Waals surface area contributed by atoms with Gasteiger partial charge >= 0.3 is 0 Å². The van der Waals surface area contributed by atoms with E-state index in [0.29, 0.717) is 0 Å². The van der Waals surface area contributed by atoms with E-state index in [1.807, 2.05) is 13.0 Å². The molecule has 2 rings (SSSR count). The maximum Gasteiger partial charge on any atom is 0.221 e. The molecule has 3 heteroatoms. The minimum absolute atomic E-state index is 0.0250. The lowest BCUT2D eigenvalue weighted by Crippen LogP contribution is -2.36. The first-order valence-electron chi connectivity index (χ1n) is 7.15. The van der Waals surface area contributed by atoms with Crippen molar-refractivity contribution in [3.63, 3.8) is 0 Å². The number of hydrogen-bond donors (Lipinski definition) is 2. The van der Waals surface area contributed by atoms with Gasteiger partial charge in [0, 0.05) is 23.8 Å². The van der Waals surface area contributed by atoms with Crippen LogP contribution in [-0.2, 0) is 4.79 Å². The summed E-state index contributed by atoms with van der Waals surface area (Å²) in [6, 6.07) is 6.15. The topological polar surface area (TPSA) is 41.1 Å². The quantitative estimate of drug-likeness (QED) is 0.859. The zero-order valence-electron chi connectivity index (χ0n) is 12.2. The summed E-state index contributed by atoms with van der Waals surface area (Å²) in [5, 5.41) is 6.51. The van der Waals surface area contributed by atoms with Crippen molar-refractivity contribution in [2.45, 2.75) is 58.4 Å². The number of rotatable bonds is 3. The third-order valence-corrected chi connectivity index (χ3v) is 3.94. The molecule has 0 bridgehead atoms. The highest BCUT2D eigenvalue weighted by Gasteiger charge is 2.26. The third-order valence-electron chi connectivity index (χ3n) is 3.94. The number of amides is 1. The lowest BCUT2D eigenvalue weighted by Gasteiger charge is -2.35. The van der Waals surface area contributed by atoms with Crippen molar-refractivity contribution in [2.75, 3.05) is 10.6 Å². The van der Waals surface area contributed by atoms with Crippen LogP contribution in [0.4, 0.5) is 11.4 Å². The molecule has 0 radical (unpaired) electrons. The Balaban J connectivity index is 2.09. The number of aryl methyl sites for hydroxylation is 1. The fourth-order valence-electron chi connectivity index (χ4n) is 2.88. The van der Waals surface area contributed by atoms with Crippen LogP contribution in [-0.4, -0.2) is 11.4 Å². The monoisotopic (exact) mass is 260 g/mol. The van der Waals surface area contributed by atoms with Crippen molar-refractivity contribution >= 4 is 17.3 Å². The molecule has 1 aromatic rings. The number of hydrogen-bond acceptors (Lipinski definition) is 2. The van der Waals surface area contributed by atoms with Crippen LogP contribution in [0.25, 0.3) is 0 Å². The van der Waals surface area contributed by atoms with Gasteiger partial charge in [0.15, 0.2) is 0 Å². The molecule has 1 saturated carbocycles. The molecule has 1 aliphatic carbocycles. The number of benzene rings is 1. The van der Waals surface area contributed by atoms with Crippen LogP contribution in [0.5, 0.6) is 0 Å². The molecule has 1 fully saturated rings. The first-order chi connectivity index (χ1) is 8.98. The molecule has 0 aliphatic heterocycles. The second-order valence-corrected chi connectivity index (χ2v) is 5.96. The fraction of sp³-hybridized carbons (Fsp3) is 0.562. The largest absolute Gasteiger partial charge is 0.380 e. The van der Waals surface area contributed by atoms with Gasteiger partial charge in [-0.15, -0.1) is 0 Å². The van der Waals surface area contributed by atoms with E-state index in [1.54, 1.807) is 0 Å². The van der Waals surface area contributed by atoms with Gasteiger partial charge in [-0.3, -0.25) is 4.79 Å². The smallest absolute Gasteiger partial charge is 0.221 e. The van der Waals surface area contributed by atoms with Crippen molar-refractivity contribution in [1.29, 1.82) is 0 Å². The van der Waals surface area contributed by atoms with Crippen LogP contribution in [0.3, 0.4) is 0 Å². The van der Waals surface area contributed by atoms with Crippen molar-refractivity contribution in [3.8, 4) is 0 Å². The highest BCUT2D eigenvalue weighted by molar-refractivity contribution is 5.89. The molecule has 1 aliphatic rings. The van der Waals surface area contributed by atoms with E-state index >= 15 is 0 Å². The highest BCUT2D eigenvalue weighted by atomic mass is 16.1. The van der Waals surface area contributed by atoms with Gasteiger partial charge in [-0.1, -0.05) is 19.3 Å². The molecule has 2 N–H and O–H groups in total. The second kappa shape index (κ2) is 5.64. The molecule has 19 heavy (non-hydrogen) atoms. The Labute approximate surface area is 115 Å². The average molecular weight is 260 g/mol. The van der Waals surface area contributed by atoms with Gasteiger partial charge in [-0.25, -0.2) is 0 Å². The summed E-state index contributed by atoms with van der Waals surface area (Å²) in [7, 11) is 0. The molecule has 0 saturated heterocycles. The third kappa shape index (κ3) is 3.72. The Morgan fingerprint density at radius 2 is 1.89 bits per heavy atom. The Morgan fingerprint density at radius 1 is 1.21 bits per heavy atom. The molecule has 104 valence electrons. The van der Waals surface area contributed by atoms with Gasteiger partial charge in [-0.2, -0.15) is 0 Å². The van der Waals surface area contributed by atoms with E-state index < -0.39 is 0 Å². The summed E-state index contributed by atoms with van der Waals surface area (Å²) >= 11 is 0. The summed E-state index contributed by atoms with van der Waals surface area (Å²) in [5.74, 6) is -0.0250. The maximum absolute atomic E-state index is 11.1. The van der Waals surface area contributed by atoms with Gasteiger partial charge in [0.1, 0.15) is 0 Å². The summed E-state index contributed by atoms with van der Waals surface area (Å²) in [5.41, 5.74) is 3.36. The van der Waals surface area contributed by atoms with Gasteiger partial charge in [0.2, 0.25) is 5.91 Å². The summed E-state index contributed by atoms with van der Waals surface area (Å²) < 4.78 is 0. The van der Waals surface area contributed by atoms with Crippen LogP contribution in [0.2, 0.25) is 0 Å². The minimum atomic E-state index is -0.0250. The first kappa shape index (κ1) is 13.9. The molecule has 1 aromatic carbocycles. The molecular weight excluding hydrogens is 236 g/mol. The zero-order valence-corrected chi connectivity index (χ0v) is 12.2. The summed E-state index contributed by atoms with van der Waals surface area (Å²) in [6.07, 6.45) is 6.45. The molecule has 1 amide bonds. The van der Waals surface area contributed by atoms with Gasteiger partial charge in [0.25, 0.3) is 0 Å². The maximum atomic E-state index is 11.1. The SMILES string of the molecule is CC(=O)Nc1ccc(NC2(C)CCCCC2)cc1C. The van der Waals surface area contributed by atoms with E-state index in [2.05, 4.69) is 29.7 Å². The van der Waals surface area contributed by atoms with Crippen molar-refractivity contribution in [2.24, 2.45) is 0 Å². The predicted molar refractivity (Wildman–Crippen MR) is 80.6 cm³/mol. The van der Waals surface area contributed by atoms with Gasteiger partial charge in [0.05, 0.1) is 0 Å². The lowest BCUT2D eigenvalue weighted by molar-refractivity contribution is -0.114. The van der Waals surface area contributed by atoms with Crippen LogP contribution in [0.15, 0.2) is 18.2 Å². The standard InChI is InChI=1S/C16H24N2O/c1-12-11-14(7-8-15(12)17-13(2)19)18-16(3)9-5-4-6-10-16/h7-8,11,18H,4-6,9-10H2,1-3H3,(H,17,19). The van der Waals surface area contributed by atoms with E-state index in [-0.39, 0.29) is 11.4 Å². The number of carbonyl (C=O) groups excluding carboxylic acids is 1. The number of carbonyl (C=O) groups is 1. The fourth-order valence-corrected chi connectivity index (χ4v) is 2.88. The summed E-state index contributed by atoms with van der Waals surface area (Å²) in [6.45, 7) is 5.87. The normalized spacial score (nSPS) is 17.8. The van der Waals surface area contributed by atoms with Crippen LogP contribution in [0.1, 0.15) is 51.5 Å². The van der Waals surface area contributed by atoms with E-state index in [9.17, 15) is 4.79 Å². The number of anilines is 2. The average Bonchev–Trinajstić information content (AvgIpc) is 2.33. The van der Waals surface area contributed by atoms with Crippen molar-refractivity contribution in [1.82, 2.24) is 0 Å². The predicted octanol–water partition coefficient (Wildman–Crippen LogP) is 4.09. The Bertz CT molecular complexity index is 462. The zero-order chi connectivity index (χ0) is 13.9. The first-order valence-corrected chi connectivity index (χ1v) is 7.15. The van der Waals surface area contributed by atoms with E-state index in [4.69, 9.17) is 0 Å². The highest BCUT2D eigenvalue weighted by Crippen LogP contribution is 2.32. The molecule has 0 aromatic heterocycles. The Kier molecular flexibility index (Phi) is 4.13. The summed E-state index contributed by atoms with van der Waals surface area (Å²) in [4.78, 5) is 11.1. The van der Waals surface area contributed by atoms with E-state index in [0.717, 1.165) is 16.9 Å². The van der Waals surface area contributed by atoms with Crippen molar-refractivity contribution < 1.29 is 4.79 Å². The molecular formula is C16H24N2O. The molecule has 0 heterocycles.